The number of imide groups is 1. The SMILES string of the molecule is C=CC1NC(=O)[N+](=O)C1=O. The molecule has 1 fully saturated rings. The van der Waals surface area contributed by atoms with Crippen molar-refractivity contribution in [3.63, 3.8) is 0 Å². The lowest BCUT2D eigenvalue weighted by atomic mass is 10.3. The number of urea groups is 1. The predicted molar refractivity (Wildman–Crippen MR) is 31.2 cm³/mol. The number of hydrogen-bond acceptors (Lipinski definition) is 3. The fourth-order valence-corrected chi connectivity index (χ4v) is 0.640. The molecule has 1 atom stereocenters. The first-order valence-corrected chi connectivity index (χ1v) is 2.61. The molecular weight excluding hydrogens is 136 g/mol. The Morgan fingerprint density at radius 3 is 2.40 bits per heavy atom. The minimum absolute atomic E-state index is 0.216. The van der Waals surface area contributed by atoms with Crippen molar-refractivity contribution >= 4 is 11.9 Å². The lowest BCUT2D eigenvalue weighted by Gasteiger charge is -1.84. The van der Waals surface area contributed by atoms with E-state index in [1.807, 2.05) is 0 Å². The molecule has 1 heterocycles. The molecule has 0 spiro atoms. The van der Waals surface area contributed by atoms with Crippen molar-refractivity contribution in [3.8, 4) is 0 Å². The maximum atomic E-state index is 10.6. The highest BCUT2D eigenvalue weighted by Gasteiger charge is 2.45. The first-order valence-electron chi connectivity index (χ1n) is 2.61. The van der Waals surface area contributed by atoms with E-state index in [0.717, 1.165) is 0 Å². The van der Waals surface area contributed by atoms with Gasteiger partial charge in [-0.05, 0) is 6.08 Å². The molecule has 3 amide bonds. The van der Waals surface area contributed by atoms with Crippen LogP contribution in [0.25, 0.3) is 0 Å². The van der Waals surface area contributed by atoms with Crippen LogP contribution < -0.4 is 5.32 Å². The largest absolute Gasteiger partial charge is 0.539 e. The minimum Gasteiger partial charge on any atom is -0.237 e. The topological polar surface area (TPSA) is 66.2 Å². The number of nitroso groups, excluding NO2 is 1. The molecule has 0 bridgehead atoms. The van der Waals surface area contributed by atoms with Gasteiger partial charge in [0.05, 0.1) is 4.76 Å². The Kier molecular flexibility index (Phi) is 1.33. The first kappa shape index (κ1) is 6.60. The zero-order chi connectivity index (χ0) is 7.72. The van der Waals surface area contributed by atoms with Crippen LogP contribution in [0, 0.1) is 4.91 Å². The van der Waals surface area contributed by atoms with Crippen molar-refractivity contribution in [1.29, 1.82) is 0 Å². The molecule has 10 heavy (non-hydrogen) atoms. The summed E-state index contributed by atoms with van der Waals surface area (Å²) in [6.45, 7) is 3.26. The predicted octanol–water partition coefficient (Wildman–Crippen LogP) is -0.430. The van der Waals surface area contributed by atoms with Gasteiger partial charge in [-0.15, -0.1) is 0 Å². The number of rotatable bonds is 1. The van der Waals surface area contributed by atoms with Crippen LogP contribution in [0.1, 0.15) is 0 Å². The molecular formula is C5H5N2O3+. The molecule has 52 valence electrons. The molecule has 0 radical (unpaired) electrons. The molecule has 0 saturated carbocycles. The van der Waals surface area contributed by atoms with Crippen molar-refractivity contribution in [2.24, 2.45) is 0 Å². The summed E-state index contributed by atoms with van der Waals surface area (Å²) in [7, 11) is 0. The number of carbonyl (C=O) groups excluding carboxylic acids is 2. The van der Waals surface area contributed by atoms with Crippen LogP contribution in [0.15, 0.2) is 12.7 Å². The quantitative estimate of drug-likeness (QED) is 0.306. The number of nitrogens with one attached hydrogen (secondary N) is 1. The molecule has 1 rings (SSSR count). The normalized spacial score (nSPS) is 24.8. The number of hydrogen-bond donors (Lipinski definition) is 1. The highest BCUT2D eigenvalue weighted by Crippen LogP contribution is 1.98. The summed E-state index contributed by atoms with van der Waals surface area (Å²) < 4.78 is -0.216. The summed E-state index contributed by atoms with van der Waals surface area (Å²) in [5.74, 6) is -0.806. The number of amides is 3. The molecule has 0 aromatic carbocycles. The summed E-state index contributed by atoms with van der Waals surface area (Å²) in [5.41, 5.74) is 0. The molecule has 5 nitrogen and oxygen atoms in total. The van der Waals surface area contributed by atoms with Crippen LogP contribution in [0.5, 0.6) is 0 Å². The maximum absolute atomic E-state index is 10.6. The molecule has 1 aliphatic rings. The Hall–Kier alpha value is -1.52. The third kappa shape index (κ3) is 0.717. The first-order chi connectivity index (χ1) is 4.66. The van der Waals surface area contributed by atoms with E-state index in [9.17, 15) is 14.5 Å². The van der Waals surface area contributed by atoms with Gasteiger partial charge in [0.25, 0.3) is 0 Å². The van der Waals surface area contributed by atoms with E-state index >= 15 is 0 Å². The van der Waals surface area contributed by atoms with Crippen molar-refractivity contribution in [2.75, 3.05) is 0 Å². The molecule has 0 aromatic rings. The van der Waals surface area contributed by atoms with Crippen LogP contribution in [0.2, 0.25) is 0 Å². The standard InChI is InChI=1S/C5H4N2O3/c1-2-3-4(8)7(10)5(9)6-3/h2-3H,1H2/p+1. The number of carbonyl (C=O) groups is 2. The summed E-state index contributed by atoms with van der Waals surface area (Å²) in [6, 6.07) is -1.76. The van der Waals surface area contributed by atoms with Crippen molar-refractivity contribution < 1.29 is 14.3 Å². The lowest BCUT2D eigenvalue weighted by molar-refractivity contribution is -0.365. The average Bonchev–Trinajstić information content (AvgIpc) is 2.17. The Balaban J connectivity index is 2.91. The highest BCUT2D eigenvalue weighted by molar-refractivity contribution is 5.93. The second-order valence-electron chi connectivity index (χ2n) is 1.80. The second kappa shape index (κ2) is 2.02. The monoisotopic (exact) mass is 141 g/mol. The van der Waals surface area contributed by atoms with E-state index in [-0.39, 0.29) is 4.76 Å². The van der Waals surface area contributed by atoms with Gasteiger partial charge < -0.3 is 0 Å². The van der Waals surface area contributed by atoms with Crippen LogP contribution in [0.4, 0.5) is 4.79 Å². The molecule has 1 aliphatic heterocycles. The summed E-state index contributed by atoms with van der Waals surface area (Å²) >= 11 is 0. The van der Waals surface area contributed by atoms with Crippen molar-refractivity contribution in [2.45, 2.75) is 6.04 Å². The fraction of sp³-hybridized carbons (Fsp3) is 0.200. The van der Waals surface area contributed by atoms with Crippen LogP contribution in [-0.2, 0) is 4.79 Å². The van der Waals surface area contributed by atoms with E-state index in [1.54, 1.807) is 0 Å². The molecule has 0 aliphatic carbocycles. The summed E-state index contributed by atoms with van der Waals surface area (Å²) in [6.07, 6.45) is 1.21. The third-order valence-electron chi connectivity index (χ3n) is 1.17. The Labute approximate surface area is 56.3 Å². The van der Waals surface area contributed by atoms with Gasteiger partial charge >= 0.3 is 11.9 Å². The average molecular weight is 141 g/mol. The van der Waals surface area contributed by atoms with Crippen LogP contribution in [0.3, 0.4) is 0 Å². The van der Waals surface area contributed by atoms with Gasteiger partial charge in [0.15, 0.2) is 0 Å². The Bertz CT molecular complexity index is 233. The zero-order valence-electron chi connectivity index (χ0n) is 5.03. The van der Waals surface area contributed by atoms with Crippen LogP contribution >= 0.6 is 0 Å². The van der Waals surface area contributed by atoms with E-state index in [2.05, 4.69) is 11.9 Å². The minimum atomic E-state index is -0.921. The van der Waals surface area contributed by atoms with Gasteiger partial charge in [-0.25, -0.2) is 10.1 Å². The lowest BCUT2D eigenvalue weighted by Crippen LogP contribution is -2.25. The van der Waals surface area contributed by atoms with Gasteiger partial charge in [0.2, 0.25) is 6.04 Å². The molecule has 1 unspecified atom stereocenters. The number of nitrogens with zero attached hydrogens (tertiary/aromatic N) is 1. The molecule has 1 saturated heterocycles. The van der Waals surface area contributed by atoms with Gasteiger partial charge in [-0.2, -0.15) is 4.79 Å². The van der Waals surface area contributed by atoms with Crippen molar-refractivity contribution in [1.82, 2.24) is 5.32 Å². The van der Waals surface area contributed by atoms with E-state index in [4.69, 9.17) is 0 Å². The van der Waals surface area contributed by atoms with Gasteiger partial charge in [0, 0.05) is 0 Å². The van der Waals surface area contributed by atoms with E-state index in [1.165, 1.54) is 6.08 Å². The fourth-order valence-electron chi connectivity index (χ4n) is 0.640. The Morgan fingerprint density at radius 1 is 1.60 bits per heavy atom. The van der Waals surface area contributed by atoms with E-state index in [0.29, 0.717) is 0 Å². The summed E-state index contributed by atoms with van der Waals surface area (Å²) in [5, 5.41) is 2.11. The Morgan fingerprint density at radius 2 is 2.20 bits per heavy atom. The smallest absolute Gasteiger partial charge is 0.237 e. The molecule has 0 aromatic heterocycles. The molecule has 1 N–H and O–H groups in total. The second-order valence-corrected chi connectivity index (χ2v) is 1.80. The maximum Gasteiger partial charge on any atom is 0.539 e. The van der Waals surface area contributed by atoms with Gasteiger partial charge in [-0.3, -0.25) is 0 Å². The zero-order valence-corrected chi connectivity index (χ0v) is 5.03. The van der Waals surface area contributed by atoms with E-state index < -0.39 is 18.0 Å². The van der Waals surface area contributed by atoms with Gasteiger partial charge in [0.1, 0.15) is 0 Å². The highest BCUT2D eigenvalue weighted by atomic mass is 16.3. The third-order valence-corrected chi connectivity index (χ3v) is 1.17. The molecule has 5 heteroatoms. The van der Waals surface area contributed by atoms with Crippen molar-refractivity contribution in [3.05, 3.63) is 17.6 Å². The van der Waals surface area contributed by atoms with Gasteiger partial charge in [-0.1, -0.05) is 11.5 Å². The van der Waals surface area contributed by atoms with Crippen LogP contribution in [-0.4, -0.2) is 22.7 Å². The summed E-state index contributed by atoms with van der Waals surface area (Å²) in [4.78, 5) is 31.4.